The minimum absolute atomic E-state index is 0.220. The molecule has 10 nitrogen and oxygen atoms in total. The first-order valence-corrected chi connectivity index (χ1v) is 16.9. The second-order valence-corrected chi connectivity index (χ2v) is 14.4. The summed E-state index contributed by atoms with van der Waals surface area (Å²) in [6.45, 7) is 13.8. The van der Waals surface area contributed by atoms with E-state index in [2.05, 4.69) is 6.58 Å². The number of aliphatic hydroxyl groups is 2. The van der Waals surface area contributed by atoms with E-state index in [4.69, 9.17) is 18.9 Å². The van der Waals surface area contributed by atoms with E-state index in [1.807, 2.05) is 37.3 Å². The largest absolute Gasteiger partial charge is 0.458 e. The van der Waals surface area contributed by atoms with Gasteiger partial charge in [-0.05, 0) is 60.3 Å². The first-order chi connectivity index (χ1) is 23.5. The van der Waals surface area contributed by atoms with E-state index in [1.54, 1.807) is 57.2 Å². The Bertz CT molecular complexity index is 1710. The number of hydrogen-bond acceptors (Lipinski definition) is 10. The molecule has 0 saturated heterocycles. The van der Waals surface area contributed by atoms with Gasteiger partial charge in [-0.15, -0.1) is 0 Å². The van der Waals surface area contributed by atoms with Gasteiger partial charge < -0.3 is 29.2 Å². The van der Waals surface area contributed by atoms with Crippen molar-refractivity contribution in [2.75, 3.05) is 0 Å². The summed E-state index contributed by atoms with van der Waals surface area (Å²) in [4.78, 5) is 52.7. The number of esters is 4. The number of rotatable bonds is 7. The van der Waals surface area contributed by atoms with Gasteiger partial charge in [0.15, 0.2) is 6.10 Å². The summed E-state index contributed by atoms with van der Waals surface area (Å²) in [7, 11) is 0. The Morgan fingerprint density at radius 3 is 2.06 bits per heavy atom. The molecule has 3 aliphatic carbocycles. The Balaban J connectivity index is 1.70. The zero-order valence-corrected chi connectivity index (χ0v) is 29.4. The fourth-order valence-electron chi connectivity index (χ4n) is 8.34. The van der Waals surface area contributed by atoms with Crippen molar-refractivity contribution in [1.29, 1.82) is 0 Å². The van der Waals surface area contributed by atoms with Crippen LogP contribution in [-0.4, -0.2) is 70.2 Å². The van der Waals surface area contributed by atoms with Gasteiger partial charge in [0, 0.05) is 43.1 Å². The van der Waals surface area contributed by atoms with Gasteiger partial charge in [0.05, 0.1) is 11.7 Å². The Morgan fingerprint density at radius 1 is 0.860 bits per heavy atom. The molecule has 2 aromatic carbocycles. The lowest BCUT2D eigenvalue weighted by Gasteiger charge is -2.62. The van der Waals surface area contributed by atoms with E-state index >= 15 is 0 Å². The van der Waals surface area contributed by atoms with E-state index in [9.17, 15) is 29.4 Å². The molecule has 50 heavy (non-hydrogen) atoms. The summed E-state index contributed by atoms with van der Waals surface area (Å²) in [6.07, 6.45) is -2.78. The van der Waals surface area contributed by atoms with Crippen LogP contribution in [0.5, 0.6) is 0 Å². The minimum Gasteiger partial charge on any atom is -0.458 e. The third kappa shape index (κ3) is 6.66. The summed E-state index contributed by atoms with van der Waals surface area (Å²) in [5.74, 6) is -3.71. The highest BCUT2D eigenvalue weighted by Crippen LogP contribution is 2.62. The van der Waals surface area contributed by atoms with Crippen LogP contribution in [0.15, 0.2) is 90.0 Å². The van der Waals surface area contributed by atoms with Crippen LogP contribution in [-0.2, 0) is 33.3 Å². The molecule has 266 valence electrons. The van der Waals surface area contributed by atoms with Crippen molar-refractivity contribution in [2.45, 2.75) is 96.9 Å². The second-order valence-electron chi connectivity index (χ2n) is 14.4. The number of benzene rings is 2. The third-order valence-corrected chi connectivity index (χ3v) is 10.9. The van der Waals surface area contributed by atoms with E-state index in [1.165, 1.54) is 19.9 Å². The van der Waals surface area contributed by atoms with Crippen molar-refractivity contribution < 1.29 is 48.3 Å². The zero-order chi connectivity index (χ0) is 36.6. The summed E-state index contributed by atoms with van der Waals surface area (Å²) >= 11 is 0. The maximum atomic E-state index is 13.9. The summed E-state index contributed by atoms with van der Waals surface area (Å²) < 4.78 is 24.4. The molecular formula is C40H46O10. The smallest absolute Gasteiger partial charge is 0.338 e. The zero-order valence-electron chi connectivity index (χ0n) is 29.4. The Labute approximate surface area is 292 Å². The Kier molecular flexibility index (Phi) is 10.3. The maximum Gasteiger partial charge on any atom is 0.338 e. The standard InChI is InChI=1S/C40H46O10/c1-23-29(43)22-40(46)35(50-37(45)28-16-12-9-13-17-28)33-24(2)30(49-31(44)19-18-27-14-10-8-11-15-27)20-21-39(33,7)36(48-26(4)42)34(47-25(3)41)32(23)38(40,5)6/h8-19,29-30,33-36,43,46H,2,20-22H2,1,3-7H3/b19-18+/t29-,30-,33-,34+,35-,36-,39+,40+/m0/s1. The molecule has 2 aromatic rings. The highest BCUT2D eigenvalue weighted by atomic mass is 16.6. The fraction of sp³-hybridized carbons (Fsp3) is 0.450. The number of aliphatic hydroxyl groups excluding tert-OH is 1. The molecular weight excluding hydrogens is 640 g/mol. The summed E-state index contributed by atoms with van der Waals surface area (Å²) in [5, 5.41) is 24.6. The molecule has 5 rings (SSSR count). The molecule has 0 aliphatic heterocycles. The van der Waals surface area contributed by atoms with Crippen molar-refractivity contribution in [2.24, 2.45) is 16.7 Å². The number of hydrogen-bond donors (Lipinski definition) is 2. The molecule has 10 heteroatoms. The van der Waals surface area contributed by atoms with E-state index < -0.39 is 76.7 Å². The highest BCUT2D eigenvalue weighted by molar-refractivity contribution is 5.89. The average molecular weight is 687 g/mol. The van der Waals surface area contributed by atoms with Crippen molar-refractivity contribution in [3.05, 3.63) is 101 Å². The fourth-order valence-corrected chi connectivity index (χ4v) is 8.34. The van der Waals surface area contributed by atoms with Gasteiger partial charge in [0.2, 0.25) is 0 Å². The third-order valence-electron chi connectivity index (χ3n) is 10.9. The van der Waals surface area contributed by atoms with Gasteiger partial charge in [0.1, 0.15) is 23.9 Å². The van der Waals surface area contributed by atoms with Crippen LogP contribution in [0.3, 0.4) is 0 Å². The van der Waals surface area contributed by atoms with Gasteiger partial charge in [-0.25, -0.2) is 9.59 Å². The molecule has 0 amide bonds. The van der Waals surface area contributed by atoms with Gasteiger partial charge in [-0.2, -0.15) is 0 Å². The predicted molar refractivity (Wildman–Crippen MR) is 184 cm³/mol. The van der Waals surface area contributed by atoms with Crippen molar-refractivity contribution >= 4 is 30.0 Å². The molecule has 8 atom stereocenters. The van der Waals surface area contributed by atoms with Gasteiger partial charge in [-0.3, -0.25) is 9.59 Å². The number of ether oxygens (including phenoxy) is 4. The molecule has 0 spiro atoms. The highest BCUT2D eigenvalue weighted by Gasteiger charge is 2.69. The van der Waals surface area contributed by atoms with Gasteiger partial charge in [0.25, 0.3) is 0 Å². The van der Waals surface area contributed by atoms with Crippen LogP contribution in [0, 0.1) is 16.7 Å². The number of carbonyl (C=O) groups excluding carboxylic acids is 4. The minimum atomic E-state index is -1.99. The first-order valence-electron chi connectivity index (χ1n) is 16.9. The monoisotopic (exact) mass is 686 g/mol. The molecule has 0 unspecified atom stereocenters. The van der Waals surface area contributed by atoms with Crippen LogP contribution in [0.2, 0.25) is 0 Å². The van der Waals surface area contributed by atoms with E-state index in [0.717, 1.165) is 5.56 Å². The second kappa shape index (κ2) is 14.0. The van der Waals surface area contributed by atoms with Crippen molar-refractivity contribution in [3.63, 3.8) is 0 Å². The number of carbonyl (C=O) groups is 4. The van der Waals surface area contributed by atoms with E-state index in [0.29, 0.717) is 16.7 Å². The van der Waals surface area contributed by atoms with Crippen LogP contribution in [0.4, 0.5) is 0 Å². The summed E-state index contributed by atoms with van der Waals surface area (Å²) in [6, 6.07) is 17.5. The average Bonchev–Trinajstić information content (AvgIpc) is 3.06. The Morgan fingerprint density at radius 2 is 1.46 bits per heavy atom. The lowest BCUT2D eigenvalue weighted by molar-refractivity contribution is -0.233. The molecule has 3 aliphatic rings. The molecule has 0 radical (unpaired) electrons. The van der Waals surface area contributed by atoms with Gasteiger partial charge >= 0.3 is 23.9 Å². The van der Waals surface area contributed by atoms with Crippen LogP contribution in [0.1, 0.15) is 76.7 Å². The Hall–Kier alpha value is -4.54. The predicted octanol–water partition coefficient (Wildman–Crippen LogP) is 5.53. The first kappa shape index (κ1) is 36.7. The normalized spacial score (nSPS) is 31.9. The summed E-state index contributed by atoms with van der Waals surface area (Å²) in [5.41, 5.74) is -2.36. The SMILES string of the molecule is C=C1[C@@H](OC(=O)/C=C/c2ccccc2)CC[C@@]2(C)[C@@H](OC(C)=O)[C@H](OC(C)=O)C3=C(C)[C@@H](O)C[C@@](O)([C@@H](OC(=O)c4ccccc4)[C@H]12)C3(C)C. The van der Waals surface area contributed by atoms with Crippen LogP contribution < -0.4 is 0 Å². The lowest BCUT2D eigenvalue weighted by Crippen LogP contribution is -2.71. The molecule has 2 N–H and O–H groups in total. The molecule has 2 saturated carbocycles. The van der Waals surface area contributed by atoms with Crippen molar-refractivity contribution in [3.8, 4) is 0 Å². The van der Waals surface area contributed by atoms with Crippen LogP contribution >= 0.6 is 0 Å². The van der Waals surface area contributed by atoms with E-state index in [-0.39, 0.29) is 24.8 Å². The maximum absolute atomic E-state index is 13.9. The topological polar surface area (TPSA) is 146 Å². The van der Waals surface area contributed by atoms with Crippen molar-refractivity contribution in [1.82, 2.24) is 0 Å². The van der Waals surface area contributed by atoms with Gasteiger partial charge in [-0.1, -0.05) is 75.9 Å². The molecule has 2 bridgehead atoms. The quantitative estimate of drug-likeness (QED) is 0.165. The molecule has 0 aromatic heterocycles. The molecule has 0 heterocycles. The molecule has 2 fully saturated rings. The lowest BCUT2D eigenvalue weighted by atomic mass is 9.47. The number of fused-ring (bicyclic) bond motifs is 3. The van der Waals surface area contributed by atoms with Crippen LogP contribution in [0.25, 0.3) is 6.08 Å².